The molecule has 7 atom stereocenters. The second kappa shape index (κ2) is 7.28. The predicted octanol–water partition coefficient (Wildman–Crippen LogP) is 5.68. The Morgan fingerprint density at radius 3 is 2.28 bits per heavy atom. The number of fused-ring (bicyclic) bond motifs is 6. The van der Waals surface area contributed by atoms with E-state index in [-0.39, 0.29) is 40.0 Å². The fourth-order valence-corrected chi connectivity index (χ4v) is 9.28. The van der Waals surface area contributed by atoms with Gasteiger partial charge in [0.2, 0.25) is 0 Å². The lowest BCUT2D eigenvalue weighted by Gasteiger charge is -2.60. The number of hydrogen-bond acceptors (Lipinski definition) is 5. The van der Waals surface area contributed by atoms with E-state index in [0.717, 1.165) is 44.9 Å². The van der Waals surface area contributed by atoms with Crippen LogP contribution < -0.4 is 0 Å². The molecule has 0 aromatic carbocycles. The van der Waals surface area contributed by atoms with Gasteiger partial charge in [0.05, 0.1) is 19.1 Å². The Hall–Kier alpha value is -0.433. The summed E-state index contributed by atoms with van der Waals surface area (Å²) in [4.78, 5) is 13.5. The van der Waals surface area contributed by atoms with Crippen molar-refractivity contribution >= 4 is 14.3 Å². The van der Waals surface area contributed by atoms with Crippen LogP contribution in [0.1, 0.15) is 79.6 Å². The van der Waals surface area contributed by atoms with Gasteiger partial charge in [0.25, 0.3) is 0 Å². The number of ether oxygens (including phenoxy) is 3. The molecule has 182 valence electrons. The zero-order valence-corrected chi connectivity index (χ0v) is 22.3. The minimum Gasteiger partial charge on any atom is -0.461 e. The van der Waals surface area contributed by atoms with Gasteiger partial charge in [-0.3, -0.25) is 4.79 Å². The Bertz CT molecular complexity index is 769. The quantitative estimate of drug-likeness (QED) is 0.389. The van der Waals surface area contributed by atoms with Crippen LogP contribution in [0.2, 0.25) is 18.1 Å². The van der Waals surface area contributed by atoms with Crippen molar-refractivity contribution in [1.29, 1.82) is 0 Å². The molecular weight excluding hydrogens is 420 g/mol. The number of carbonyl (C=O) groups excluding carboxylic acids is 1. The van der Waals surface area contributed by atoms with E-state index < -0.39 is 14.1 Å². The molecule has 0 bridgehead atoms. The first-order chi connectivity index (χ1) is 14.8. The normalized spacial score (nSPS) is 45.8. The van der Waals surface area contributed by atoms with Crippen molar-refractivity contribution in [1.82, 2.24) is 0 Å². The standard InChI is InChI=1S/C26H44O5Si/c1-23(2,3)32(6,7)31-17-8-11-24(4)18-9-12-25(5)19(10-13-26(25)28-14-15-29-26)21(18)22(27)30-20(24)16-17/h17-21H,8-16H2,1-7H3/t17-,18?,19?,20?,21?,24+,25-/m0/s1. The minimum atomic E-state index is -1.84. The number of carbonyl (C=O) groups is 1. The maximum Gasteiger partial charge on any atom is 0.309 e. The topological polar surface area (TPSA) is 54.0 Å². The van der Waals surface area contributed by atoms with Gasteiger partial charge in [0, 0.05) is 29.8 Å². The molecule has 6 heteroatoms. The summed E-state index contributed by atoms with van der Waals surface area (Å²) in [5.74, 6) is 0.245. The summed E-state index contributed by atoms with van der Waals surface area (Å²) in [6, 6.07) is 0. The largest absolute Gasteiger partial charge is 0.461 e. The van der Waals surface area contributed by atoms with Crippen LogP contribution in [0.15, 0.2) is 0 Å². The molecule has 5 fully saturated rings. The summed E-state index contributed by atoms with van der Waals surface area (Å²) < 4.78 is 25.5. The molecule has 2 saturated heterocycles. The summed E-state index contributed by atoms with van der Waals surface area (Å²) in [7, 11) is -1.84. The van der Waals surface area contributed by atoms with Crippen molar-refractivity contribution in [3.63, 3.8) is 0 Å². The van der Waals surface area contributed by atoms with Crippen LogP contribution in [0.5, 0.6) is 0 Å². The van der Waals surface area contributed by atoms with Crippen LogP contribution in [0, 0.1) is 28.6 Å². The van der Waals surface area contributed by atoms with Gasteiger partial charge < -0.3 is 18.6 Å². The number of rotatable bonds is 2. The highest BCUT2D eigenvalue weighted by atomic mass is 28.4. The maximum absolute atomic E-state index is 13.5. The number of esters is 1. The average molecular weight is 465 g/mol. The summed E-state index contributed by atoms with van der Waals surface area (Å²) in [6.45, 7) is 17.6. The Morgan fingerprint density at radius 1 is 0.969 bits per heavy atom. The maximum atomic E-state index is 13.5. The molecule has 1 spiro atoms. The smallest absolute Gasteiger partial charge is 0.309 e. The fourth-order valence-electron chi connectivity index (χ4n) is 7.88. The third-order valence-corrected chi connectivity index (χ3v) is 15.5. The molecule has 3 saturated carbocycles. The van der Waals surface area contributed by atoms with Crippen molar-refractivity contribution < 1.29 is 23.4 Å². The molecule has 2 heterocycles. The van der Waals surface area contributed by atoms with Gasteiger partial charge in [-0.2, -0.15) is 0 Å². The van der Waals surface area contributed by atoms with Crippen molar-refractivity contribution in [2.75, 3.05) is 13.2 Å². The predicted molar refractivity (Wildman–Crippen MR) is 126 cm³/mol. The molecule has 0 aromatic heterocycles. The summed E-state index contributed by atoms with van der Waals surface area (Å²) >= 11 is 0. The van der Waals surface area contributed by atoms with Crippen LogP contribution in [0.25, 0.3) is 0 Å². The lowest BCUT2D eigenvalue weighted by atomic mass is 9.49. The highest BCUT2D eigenvalue weighted by Gasteiger charge is 2.70. The summed E-state index contributed by atoms with van der Waals surface area (Å²) in [5, 5.41) is 0.193. The van der Waals surface area contributed by atoms with Crippen molar-refractivity contribution in [3.05, 3.63) is 0 Å². The first-order valence-corrected chi connectivity index (χ1v) is 15.9. The zero-order chi connectivity index (χ0) is 23.2. The minimum absolute atomic E-state index is 0.0139. The molecule has 5 rings (SSSR count). The lowest BCUT2D eigenvalue weighted by molar-refractivity contribution is -0.256. The zero-order valence-electron chi connectivity index (χ0n) is 21.3. The molecule has 0 radical (unpaired) electrons. The van der Waals surface area contributed by atoms with Gasteiger partial charge in [0.1, 0.15) is 6.10 Å². The Morgan fingerprint density at radius 2 is 1.62 bits per heavy atom. The molecule has 2 aliphatic heterocycles. The monoisotopic (exact) mass is 464 g/mol. The van der Waals surface area contributed by atoms with Crippen LogP contribution in [-0.2, 0) is 23.4 Å². The summed E-state index contributed by atoms with van der Waals surface area (Å²) in [6.07, 6.45) is 7.29. The molecule has 5 nitrogen and oxygen atoms in total. The molecule has 32 heavy (non-hydrogen) atoms. The molecule has 4 unspecified atom stereocenters. The van der Waals surface area contributed by atoms with Gasteiger partial charge in [-0.05, 0) is 62.1 Å². The van der Waals surface area contributed by atoms with Crippen molar-refractivity contribution in [3.8, 4) is 0 Å². The van der Waals surface area contributed by atoms with Crippen LogP contribution in [0.4, 0.5) is 0 Å². The van der Waals surface area contributed by atoms with Gasteiger partial charge in [0.15, 0.2) is 14.1 Å². The summed E-state index contributed by atoms with van der Waals surface area (Å²) in [5.41, 5.74) is -0.0319. The van der Waals surface area contributed by atoms with E-state index in [4.69, 9.17) is 18.6 Å². The molecule has 0 N–H and O–H groups in total. The highest BCUT2D eigenvalue weighted by Crippen LogP contribution is 2.67. The van der Waals surface area contributed by atoms with E-state index >= 15 is 0 Å². The van der Waals surface area contributed by atoms with E-state index in [1.165, 1.54) is 0 Å². The molecule has 5 aliphatic rings. The van der Waals surface area contributed by atoms with Crippen molar-refractivity contribution in [2.24, 2.45) is 28.6 Å². The first-order valence-electron chi connectivity index (χ1n) is 13.0. The van der Waals surface area contributed by atoms with Gasteiger partial charge >= 0.3 is 5.97 Å². The third kappa shape index (κ3) is 3.15. The number of hydrogen-bond donors (Lipinski definition) is 0. The second-order valence-corrected chi connectivity index (χ2v) is 18.1. The van der Waals surface area contributed by atoms with E-state index in [0.29, 0.717) is 25.0 Å². The second-order valence-electron chi connectivity index (χ2n) is 13.4. The Labute approximate surface area is 195 Å². The van der Waals surface area contributed by atoms with Crippen LogP contribution in [-0.4, -0.2) is 45.5 Å². The molecular formula is C26H44O5Si. The van der Waals surface area contributed by atoms with Gasteiger partial charge in [-0.15, -0.1) is 0 Å². The van der Waals surface area contributed by atoms with E-state index in [1.54, 1.807) is 0 Å². The average Bonchev–Trinajstić information content (AvgIpc) is 3.28. The van der Waals surface area contributed by atoms with Crippen LogP contribution in [0.3, 0.4) is 0 Å². The van der Waals surface area contributed by atoms with Crippen LogP contribution >= 0.6 is 0 Å². The van der Waals surface area contributed by atoms with E-state index in [9.17, 15) is 4.79 Å². The van der Waals surface area contributed by atoms with Gasteiger partial charge in [-0.1, -0.05) is 34.6 Å². The third-order valence-electron chi connectivity index (χ3n) is 10.9. The highest BCUT2D eigenvalue weighted by molar-refractivity contribution is 6.74. The Balaban J connectivity index is 1.36. The van der Waals surface area contributed by atoms with E-state index in [1.807, 2.05) is 0 Å². The molecule has 0 amide bonds. The first kappa shape index (κ1) is 23.3. The molecule has 0 aromatic rings. The van der Waals surface area contributed by atoms with Gasteiger partial charge in [-0.25, -0.2) is 0 Å². The molecule has 3 aliphatic carbocycles. The Kier molecular flexibility index (Phi) is 5.31. The fraction of sp³-hybridized carbons (Fsp3) is 0.962. The SMILES string of the molecule is CC(C)(C)[Si](C)(C)O[C@H]1CC[C@@]2(C)C(C1)OC(=O)C1C2CC[C@@]2(C)C1CCC21OCCO1. The van der Waals surface area contributed by atoms with E-state index in [2.05, 4.69) is 47.7 Å². The van der Waals surface area contributed by atoms with Crippen molar-refractivity contribution in [2.45, 2.75) is 116 Å². The lowest BCUT2D eigenvalue weighted by Crippen LogP contribution is -2.62.